The molecule has 92 valence electrons. The van der Waals surface area contributed by atoms with Crippen molar-refractivity contribution in [3.63, 3.8) is 0 Å². The van der Waals surface area contributed by atoms with E-state index in [9.17, 15) is 4.79 Å². The Morgan fingerprint density at radius 3 is 2.76 bits per heavy atom. The third-order valence-corrected chi connectivity index (χ3v) is 4.20. The van der Waals surface area contributed by atoms with Crippen molar-refractivity contribution >= 4 is 44.9 Å². The SMILES string of the molecule is O=C1CCCC(Oc2cc(Cl)c(Br)cc2Cl)C1. The minimum absolute atomic E-state index is 0.0778. The lowest BCUT2D eigenvalue weighted by Gasteiger charge is -2.23. The van der Waals surface area contributed by atoms with Crippen LogP contribution in [-0.2, 0) is 4.79 Å². The molecule has 1 aliphatic carbocycles. The predicted octanol–water partition coefficient (Wildman–Crippen LogP) is 4.65. The molecule has 2 nitrogen and oxygen atoms in total. The molecule has 0 aromatic heterocycles. The van der Waals surface area contributed by atoms with Crippen LogP contribution >= 0.6 is 39.1 Å². The minimum Gasteiger partial charge on any atom is -0.488 e. The van der Waals surface area contributed by atoms with Crippen molar-refractivity contribution in [2.75, 3.05) is 0 Å². The number of hydrogen-bond acceptors (Lipinski definition) is 2. The highest BCUT2D eigenvalue weighted by Gasteiger charge is 2.22. The van der Waals surface area contributed by atoms with Gasteiger partial charge in [0.2, 0.25) is 0 Å². The van der Waals surface area contributed by atoms with Crippen molar-refractivity contribution in [3.8, 4) is 5.75 Å². The largest absolute Gasteiger partial charge is 0.488 e. The highest BCUT2D eigenvalue weighted by atomic mass is 79.9. The average Bonchev–Trinajstić information content (AvgIpc) is 2.26. The fraction of sp³-hybridized carbons (Fsp3) is 0.417. The molecular formula is C12H11BrCl2O2. The summed E-state index contributed by atoms with van der Waals surface area (Å²) in [6.45, 7) is 0. The first-order valence-electron chi connectivity index (χ1n) is 5.39. The Balaban J connectivity index is 2.12. The molecule has 1 unspecified atom stereocenters. The first-order valence-corrected chi connectivity index (χ1v) is 6.94. The van der Waals surface area contributed by atoms with Crippen molar-refractivity contribution in [2.45, 2.75) is 31.8 Å². The van der Waals surface area contributed by atoms with Gasteiger partial charge in [-0.2, -0.15) is 0 Å². The fourth-order valence-corrected chi connectivity index (χ4v) is 2.70. The van der Waals surface area contributed by atoms with Gasteiger partial charge in [0, 0.05) is 23.4 Å². The van der Waals surface area contributed by atoms with Crippen LogP contribution < -0.4 is 4.74 Å². The van der Waals surface area contributed by atoms with Gasteiger partial charge in [0.1, 0.15) is 17.6 Å². The molecule has 0 aliphatic heterocycles. The molecule has 1 saturated carbocycles. The molecule has 0 spiro atoms. The Hall–Kier alpha value is -0.250. The predicted molar refractivity (Wildman–Crippen MR) is 72.1 cm³/mol. The molecule has 1 fully saturated rings. The van der Waals surface area contributed by atoms with Crippen molar-refractivity contribution in [3.05, 3.63) is 26.7 Å². The number of Topliss-reactive ketones (excluding diaryl/α,β-unsaturated/α-hetero) is 1. The molecule has 1 aromatic carbocycles. The van der Waals surface area contributed by atoms with Crippen LogP contribution in [0.15, 0.2) is 16.6 Å². The second-order valence-electron chi connectivity index (χ2n) is 4.07. The van der Waals surface area contributed by atoms with Crippen LogP contribution in [0.25, 0.3) is 0 Å². The van der Waals surface area contributed by atoms with E-state index in [0.29, 0.717) is 28.6 Å². The Kier molecular flexibility index (Phi) is 4.34. The topological polar surface area (TPSA) is 26.3 Å². The lowest BCUT2D eigenvalue weighted by atomic mass is 9.96. The number of halogens is 3. The van der Waals surface area contributed by atoms with Gasteiger partial charge in [-0.3, -0.25) is 4.79 Å². The number of benzene rings is 1. The number of carbonyl (C=O) groups excluding carboxylic acids is 1. The lowest BCUT2D eigenvalue weighted by molar-refractivity contribution is -0.122. The van der Waals surface area contributed by atoms with E-state index < -0.39 is 0 Å². The minimum atomic E-state index is -0.0778. The summed E-state index contributed by atoms with van der Waals surface area (Å²) in [5.41, 5.74) is 0. The van der Waals surface area contributed by atoms with Crippen LogP contribution in [0.4, 0.5) is 0 Å². The zero-order chi connectivity index (χ0) is 12.4. The Morgan fingerprint density at radius 1 is 1.29 bits per heavy atom. The van der Waals surface area contributed by atoms with Crippen molar-refractivity contribution in [1.29, 1.82) is 0 Å². The molecule has 17 heavy (non-hydrogen) atoms. The van der Waals surface area contributed by atoms with Crippen LogP contribution in [0.1, 0.15) is 25.7 Å². The number of rotatable bonds is 2. The van der Waals surface area contributed by atoms with Crippen LogP contribution in [0.2, 0.25) is 10.0 Å². The summed E-state index contributed by atoms with van der Waals surface area (Å²) in [5, 5.41) is 1.05. The molecule has 0 saturated heterocycles. The normalized spacial score (nSPS) is 20.4. The zero-order valence-electron chi connectivity index (χ0n) is 9.01. The van der Waals surface area contributed by atoms with E-state index in [1.165, 1.54) is 0 Å². The van der Waals surface area contributed by atoms with E-state index >= 15 is 0 Å². The van der Waals surface area contributed by atoms with Gasteiger partial charge in [-0.15, -0.1) is 0 Å². The second-order valence-corrected chi connectivity index (χ2v) is 5.74. The molecule has 0 bridgehead atoms. The average molecular weight is 338 g/mol. The monoisotopic (exact) mass is 336 g/mol. The van der Waals surface area contributed by atoms with Gasteiger partial charge in [-0.25, -0.2) is 0 Å². The summed E-state index contributed by atoms with van der Waals surface area (Å²) in [5.74, 6) is 0.792. The second kappa shape index (κ2) is 5.59. The summed E-state index contributed by atoms with van der Waals surface area (Å²) < 4.78 is 6.47. The molecule has 1 aromatic rings. The fourth-order valence-electron chi connectivity index (χ4n) is 1.86. The summed E-state index contributed by atoms with van der Waals surface area (Å²) in [6.07, 6.45) is 2.81. The van der Waals surface area contributed by atoms with Gasteiger partial charge >= 0.3 is 0 Å². The third-order valence-electron chi connectivity index (χ3n) is 2.71. The van der Waals surface area contributed by atoms with E-state index in [4.69, 9.17) is 27.9 Å². The number of ether oxygens (including phenoxy) is 1. The van der Waals surface area contributed by atoms with Crippen LogP contribution in [0.3, 0.4) is 0 Å². The smallest absolute Gasteiger partial charge is 0.139 e. The number of carbonyl (C=O) groups is 1. The summed E-state index contributed by atoms with van der Waals surface area (Å²) in [6, 6.07) is 3.37. The first kappa shape index (κ1) is 13.2. The van der Waals surface area contributed by atoms with E-state index in [1.54, 1.807) is 12.1 Å². The molecule has 0 N–H and O–H groups in total. The highest BCUT2D eigenvalue weighted by Crippen LogP contribution is 2.35. The lowest BCUT2D eigenvalue weighted by Crippen LogP contribution is -2.25. The van der Waals surface area contributed by atoms with Gasteiger partial charge in [-0.05, 0) is 34.8 Å². The van der Waals surface area contributed by atoms with E-state index in [1.807, 2.05) is 0 Å². The molecule has 0 radical (unpaired) electrons. The molecule has 0 amide bonds. The van der Waals surface area contributed by atoms with Crippen LogP contribution in [0.5, 0.6) is 5.75 Å². The highest BCUT2D eigenvalue weighted by molar-refractivity contribution is 9.10. The van der Waals surface area contributed by atoms with Crippen molar-refractivity contribution < 1.29 is 9.53 Å². The Morgan fingerprint density at radius 2 is 2.06 bits per heavy atom. The molecule has 1 atom stereocenters. The van der Waals surface area contributed by atoms with E-state index in [2.05, 4.69) is 15.9 Å². The third kappa shape index (κ3) is 3.36. The maximum absolute atomic E-state index is 11.3. The Bertz CT molecular complexity index is 448. The van der Waals surface area contributed by atoms with E-state index in [0.717, 1.165) is 17.3 Å². The Labute approximate surface area is 118 Å². The van der Waals surface area contributed by atoms with Gasteiger partial charge in [0.25, 0.3) is 0 Å². The summed E-state index contributed by atoms with van der Waals surface area (Å²) >= 11 is 15.3. The van der Waals surface area contributed by atoms with Gasteiger partial charge in [0.05, 0.1) is 10.0 Å². The first-order chi connectivity index (χ1) is 8.06. The zero-order valence-corrected chi connectivity index (χ0v) is 12.1. The van der Waals surface area contributed by atoms with E-state index in [-0.39, 0.29) is 11.9 Å². The van der Waals surface area contributed by atoms with Gasteiger partial charge in [-0.1, -0.05) is 23.2 Å². The van der Waals surface area contributed by atoms with Gasteiger partial charge in [0.15, 0.2) is 0 Å². The molecule has 1 aliphatic rings. The molecule has 5 heteroatoms. The van der Waals surface area contributed by atoms with Crippen LogP contribution in [0, 0.1) is 0 Å². The molecule has 0 heterocycles. The summed E-state index contributed by atoms with van der Waals surface area (Å²) in [7, 11) is 0. The number of hydrogen-bond donors (Lipinski definition) is 0. The van der Waals surface area contributed by atoms with Crippen molar-refractivity contribution in [1.82, 2.24) is 0 Å². The van der Waals surface area contributed by atoms with Gasteiger partial charge < -0.3 is 4.74 Å². The molecule has 2 rings (SSSR count). The standard InChI is InChI=1S/C12H11BrCl2O2/c13-9-5-11(15)12(6-10(9)14)17-8-3-1-2-7(16)4-8/h5-6,8H,1-4H2. The van der Waals surface area contributed by atoms with Crippen molar-refractivity contribution in [2.24, 2.45) is 0 Å². The maximum atomic E-state index is 11.3. The molecular weight excluding hydrogens is 327 g/mol. The number of ketones is 1. The van der Waals surface area contributed by atoms with Crippen LogP contribution in [-0.4, -0.2) is 11.9 Å². The maximum Gasteiger partial charge on any atom is 0.139 e. The quantitative estimate of drug-likeness (QED) is 0.734. The summed E-state index contributed by atoms with van der Waals surface area (Å²) in [4.78, 5) is 11.3.